The number of aromatic nitrogens is 2. The molecule has 9 heteroatoms. The van der Waals surface area contributed by atoms with Crippen molar-refractivity contribution in [2.75, 3.05) is 25.6 Å². The van der Waals surface area contributed by atoms with Crippen molar-refractivity contribution in [2.24, 2.45) is 0 Å². The summed E-state index contributed by atoms with van der Waals surface area (Å²) >= 11 is 17.8. The van der Waals surface area contributed by atoms with Crippen LogP contribution in [0.1, 0.15) is 0 Å². The molecule has 0 aliphatic carbocycles. The van der Waals surface area contributed by atoms with Gasteiger partial charge in [-0.2, -0.15) is 9.78 Å². The molecule has 1 atom stereocenters. The highest BCUT2D eigenvalue weighted by Crippen LogP contribution is 2.25. The molecule has 124 valence electrons. The third kappa shape index (κ3) is 4.37. The molecule has 0 aliphatic rings. The highest BCUT2D eigenvalue weighted by atomic mass is 35.5. The molecule has 2 N–H and O–H groups in total. The third-order valence-corrected chi connectivity index (χ3v) is 4.02. The number of nitrogens with one attached hydrogen (secondary N) is 1. The van der Waals surface area contributed by atoms with Crippen LogP contribution in [0.3, 0.4) is 0 Å². The molecule has 0 bridgehead atoms. The van der Waals surface area contributed by atoms with Crippen molar-refractivity contribution in [1.29, 1.82) is 0 Å². The number of halogens is 3. The van der Waals surface area contributed by atoms with Gasteiger partial charge >= 0.3 is 0 Å². The Kier molecular flexibility index (Phi) is 6.26. The quantitative estimate of drug-likeness (QED) is 0.808. The van der Waals surface area contributed by atoms with Gasteiger partial charge in [-0.05, 0) is 18.2 Å². The minimum absolute atomic E-state index is 0.0874. The van der Waals surface area contributed by atoms with E-state index in [1.54, 1.807) is 18.2 Å². The van der Waals surface area contributed by atoms with Gasteiger partial charge in [-0.15, -0.1) is 0 Å². The fraction of sp³-hybridized carbons (Fsp3) is 0.286. The Morgan fingerprint density at radius 2 is 2.09 bits per heavy atom. The maximum atomic E-state index is 12.1. The number of aliphatic hydroxyl groups excluding tert-OH is 1. The van der Waals surface area contributed by atoms with Gasteiger partial charge in [-0.1, -0.05) is 34.8 Å². The van der Waals surface area contributed by atoms with Crippen LogP contribution >= 0.6 is 34.8 Å². The fourth-order valence-electron chi connectivity index (χ4n) is 1.85. The van der Waals surface area contributed by atoms with Crippen LogP contribution in [0.2, 0.25) is 15.1 Å². The van der Waals surface area contributed by atoms with Crippen molar-refractivity contribution in [2.45, 2.75) is 6.10 Å². The highest BCUT2D eigenvalue weighted by molar-refractivity contribution is 6.41. The second-order valence-electron chi connectivity index (χ2n) is 4.68. The van der Waals surface area contributed by atoms with Gasteiger partial charge in [0.05, 0.1) is 40.3 Å². The zero-order valence-electron chi connectivity index (χ0n) is 12.1. The number of ether oxygens (including phenoxy) is 1. The number of hydrogen-bond acceptors (Lipinski definition) is 5. The second-order valence-corrected chi connectivity index (χ2v) is 5.87. The van der Waals surface area contributed by atoms with Gasteiger partial charge in [-0.25, -0.2) is 0 Å². The lowest BCUT2D eigenvalue weighted by Gasteiger charge is -2.14. The van der Waals surface area contributed by atoms with Crippen molar-refractivity contribution in [1.82, 2.24) is 9.78 Å². The lowest BCUT2D eigenvalue weighted by atomic mass is 10.2. The summed E-state index contributed by atoms with van der Waals surface area (Å²) in [5.74, 6) is 0. The first-order chi connectivity index (χ1) is 10.9. The van der Waals surface area contributed by atoms with Crippen LogP contribution in [0, 0.1) is 0 Å². The number of anilines is 1. The van der Waals surface area contributed by atoms with Crippen LogP contribution in [-0.4, -0.2) is 41.3 Å². The van der Waals surface area contributed by atoms with Crippen molar-refractivity contribution < 1.29 is 9.84 Å². The molecule has 0 fully saturated rings. The summed E-state index contributed by atoms with van der Waals surface area (Å²) in [4.78, 5) is 12.1. The normalized spacial score (nSPS) is 12.2. The minimum Gasteiger partial charge on any atom is -0.389 e. The van der Waals surface area contributed by atoms with E-state index in [2.05, 4.69) is 10.4 Å². The van der Waals surface area contributed by atoms with E-state index in [0.717, 1.165) is 4.68 Å². The van der Waals surface area contributed by atoms with Crippen LogP contribution in [0.4, 0.5) is 5.69 Å². The number of hydrogen-bond donors (Lipinski definition) is 2. The summed E-state index contributed by atoms with van der Waals surface area (Å²) in [5, 5.41) is 16.9. The molecule has 0 saturated carbocycles. The molecule has 23 heavy (non-hydrogen) atoms. The van der Waals surface area contributed by atoms with Gasteiger partial charge < -0.3 is 15.2 Å². The monoisotopic (exact) mass is 377 g/mol. The van der Waals surface area contributed by atoms with Gasteiger partial charge in [0.1, 0.15) is 5.02 Å². The van der Waals surface area contributed by atoms with Gasteiger partial charge in [0.15, 0.2) is 0 Å². The summed E-state index contributed by atoms with van der Waals surface area (Å²) in [6.07, 6.45) is 0.627. The molecule has 1 aromatic carbocycles. The van der Waals surface area contributed by atoms with Crippen LogP contribution in [-0.2, 0) is 4.74 Å². The standard InChI is InChI=1S/C14H14Cl3N3O3/c1-23-7-9(21)5-18-12-3-2-8(4-10(12)15)20-14(22)13(17)11(16)6-19-20/h2-4,6,9,18,21H,5,7H2,1H3. The molecular formula is C14H14Cl3N3O3. The first kappa shape index (κ1) is 18.0. The molecule has 0 aliphatic heterocycles. The summed E-state index contributed by atoms with van der Waals surface area (Å²) in [6, 6.07) is 4.88. The topological polar surface area (TPSA) is 76.4 Å². The number of aliphatic hydroxyl groups is 1. The maximum Gasteiger partial charge on any atom is 0.291 e. The van der Waals surface area contributed by atoms with Crippen molar-refractivity contribution in [3.63, 3.8) is 0 Å². The summed E-state index contributed by atoms with van der Waals surface area (Å²) < 4.78 is 5.94. The number of rotatable bonds is 6. The van der Waals surface area contributed by atoms with Gasteiger partial charge in [-0.3, -0.25) is 4.79 Å². The van der Waals surface area contributed by atoms with Gasteiger partial charge in [0.25, 0.3) is 5.56 Å². The molecule has 1 unspecified atom stereocenters. The Morgan fingerprint density at radius 3 is 2.74 bits per heavy atom. The second kappa shape index (κ2) is 7.99. The van der Waals surface area contributed by atoms with Gasteiger partial charge in [0, 0.05) is 13.7 Å². The van der Waals surface area contributed by atoms with Gasteiger partial charge in [0.2, 0.25) is 0 Å². The maximum absolute atomic E-state index is 12.1. The SMILES string of the molecule is COCC(O)CNc1ccc(-n2ncc(Cl)c(Cl)c2=O)cc1Cl. The molecule has 0 spiro atoms. The van der Waals surface area contributed by atoms with E-state index >= 15 is 0 Å². The van der Waals surface area contributed by atoms with Crippen molar-refractivity contribution in [3.05, 3.63) is 49.8 Å². The third-order valence-electron chi connectivity index (χ3n) is 2.96. The van der Waals surface area contributed by atoms with Crippen LogP contribution in [0.25, 0.3) is 5.69 Å². The van der Waals surface area contributed by atoms with E-state index in [0.29, 0.717) is 16.4 Å². The van der Waals surface area contributed by atoms with E-state index in [-0.39, 0.29) is 23.2 Å². The lowest BCUT2D eigenvalue weighted by Crippen LogP contribution is -2.24. The predicted molar refractivity (Wildman–Crippen MR) is 91.2 cm³/mol. The van der Waals surface area contributed by atoms with E-state index in [9.17, 15) is 9.90 Å². The largest absolute Gasteiger partial charge is 0.389 e. The zero-order valence-corrected chi connectivity index (χ0v) is 14.4. The summed E-state index contributed by atoms with van der Waals surface area (Å²) in [6.45, 7) is 0.489. The predicted octanol–water partition coefficient (Wildman–Crippen LogP) is 2.61. The van der Waals surface area contributed by atoms with E-state index < -0.39 is 11.7 Å². The van der Waals surface area contributed by atoms with E-state index in [1.165, 1.54) is 13.3 Å². The molecular weight excluding hydrogens is 365 g/mol. The van der Waals surface area contributed by atoms with E-state index in [4.69, 9.17) is 39.5 Å². The van der Waals surface area contributed by atoms with Crippen LogP contribution in [0.15, 0.2) is 29.2 Å². The van der Waals surface area contributed by atoms with Crippen LogP contribution < -0.4 is 10.9 Å². The summed E-state index contributed by atoms with van der Waals surface area (Å²) in [7, 11) is 1.51. The number of benzene rings is 1. The molecule has 1 aromatic heterocycles. The average Bonchev–Trinajstić information content (AvgIpc) is 2.52. The first-order valence-electron chi connectivity index (χ1n) is 6.58. The molecule has 6 nitrogen and oxygen atoms in total. The zero-order chi connectivity index (χ0) is 17.0. The Bertz CT molecular complexity index is 752. The lowest BCUT2D eigenvalue weighted by molar-refractivity contribution is 0.0727. The summed E-state index contributed by atoms with van der Waals surface area (Å²) in [5.41, 5.74) is 0.520. The van der Waals surface area contributed by atoms with Crippen molar-refractivity contribution >= 4 is 40.5 Å². The first-order valence-corrected chi connectivity index (χ1v) is 7.71. The Labute approximate surface area is 147 Å². The van der Waals surface area contributed by atoms with Crippen molar-refractivity contribution in [3.8, 4) is 5.69 Å². The smallest absolute Gasteiger partial charge is 0.291 e. The Hall–Kier alpha value is -1.31. The van der Waals surface area contributed by atoms with Crippen LogP contribution in [0.5, 0.6) is 0 Å². The molecule has 2 aromatic rings. The molecule has 1 heterocycles. The molecule has 0 radical (unpaired) electrons. The average molecular weight is 379 g/mol. The fourth-order valence-corrected chi connectivity index (χ4v) is 2.35. The number of nitrogens with zero attached hydrogens (tertiary/aromatic N) is 2. The Morgan fingerprint density at radius 1 is 1.35 bits per heavy atom. The number of methoxy groups -OCH3 is 1. The minimum atomic E-state index is -0.657. The van der Waals surface area contributed by atoms with E-state index in [1.807, 2.05) is 0 Å². The Balaban J connectivity index is 2.23. The molecule has 0 saturated heterocycles. The highest BCUT2D eigenvalue weighted by Gasteiger charge is 2.11. The molecule has 0 amide bonds. The molecule has 2 rings (SSSR count).